The molecule has 0 radical (unpaired) electrons. The molecule has 2 nitrogen and oxygen atoms in total. The van der Waals surface area contributed by atoms with Crippen molar-refractivity contribution in [2.45, 2.75) is 32.4 Å². The molecule has 2 heteroatoms. The molecule has 17 heavy (non-hydrogen) atoms. The number of fused-ring (bicyclic) bond motifs is 1. The van der Waals surface area contributed by atoms with E-state index in [4.69, 9.17) is 5.73 Å². The Hall–Kier alpha value is -1.38. The lowest BCUT2D eigenvalue weighted by Gasteiger charge is -2.20. The quantitative estimate of drug-likeness (QED) is 0.850. The summed E-state index contributed by atoms with van der Waals surface area (Å²) in [5.74, 6) is 0. The predicted molar refractivity (Wildman–Crippen MR) is 71.9 cm³/mol. The van der Waals surface area contributed by atoms with Gasteiger partial charge in [0.1, 0.15) is 0 Å². The van der Waals surface area contributed by atoms with Crippen LogP contribution in [0.5, 0.6) is 0 Å². The fourth-order valence-corrected chi connectivity index (χ4v) is 2.22. The smallest absolute Gasteiger partial charge is 0.0730 e. The molecular weight excluding hydrogens is 210 g/mol. The molecule has 0 aliphatic rings. The van der Waals surface area contributed by atoms with Crippen molar-refractivity contribution in [2.24, 2.45) is 5.73 Å². The molecule has 0 heterocycles. The number of rotatable bonds is 3. The zero-order valence-corrected chi connectivity index (χ0v) is 10.4. The van der Waals surface area contributed by atoms with E-state index >= 15 is 0 Å². The fourth-order valence-electron chi connectivity index (χ4n) is 2.22. The second kappa shape index (κ2) is 4.86. The van der Waals surface area contributed by atoms with Crippen LogP contribution in [0, 0.1) is 6.92 Å². The molecule has 0 fully saturated rings. The lowest BCUT2D eigenvalue weighted by molar-refractivity contribution is 0.141. The van der Waals surface area contributed by atoms with Gasteiger partial charge in [-0.05, 0) is 35.2 Å². The zero-order chi connectivity index (χ0) is 12.4. The Labute approximate surface area is 102 Å². The molecule has 0 aliphatic carbocycles. The van der Waals surface area contributed by atoms with Crippen LogP contribution >= 0.6 is 0 Å². The van der Waals surface area contributed by atoms with Crippen molar-refractivity contribution in [3.63, 3.8) is 0 Å². The molecule has 0 spiro atoms. The van der Waals surface area contributed by atoms with Crippen LogP contribution in [0.15, 0.2) is 36.4 Å². The third kappa shape index (κ3) is 2.19. The largest absolute Gasteiger partial charge is 0.391 e. The Morgan fingerprint density at radius 2 is 1.76 bits per heavy atom. The standard InChI is InChI=1S/C15H19NO/c1-3-14(17)15(16)13-9-8-10(2)11-6-4-5-7-12(11)13/h4-9,14-15,17H,3,16H2,1-2H3/t14-,15+/m1/s1. The molecule has 2 aromatic carbocycles. The predicted octanol–water partition coefficient (Wildman–Crippen LogP) is 2.92. The van der Waals surface area contributed by atoms with Crippen molar-refractivity contribution in [2.75, 3.05) is 0 Å². The van der Waals surface area contributed by atoms with Crippen LogP contribution in [0.1, 0.15) is 30.5 Å². The number of aliphatic hydroxyl groups is 1. The summed E-state index contributed by atoms with van der Waals surface area (Å²) in [6.45, 7) is 4.04. The van der Waals surface area contributed by atoms with Crippen molar-refractivity contribution in [1.82, 2.24) is 0 Å². The van der Waals surface area contributed by atoms with Gasteiger partial charge < -0.3 is 10.8 Å². The van der Waals surface area contributed by atoms with Crippen molar-refractivity contribution in [3.05, 3.63) is 47.5 Å². The van der Waals surface area contributed by atoms with Crippen LogP contribution in [0.2, 0.25) is 0 Å². The highest BCUT2D eigenvalue weighted by molar-refractivity contribution is 5.88. The average molecular weight is 229 g/mol. The molecule has 2 atom stereocenters. The third-order valence-electron chi connectivity index (χ3n) is 3.37. The van der Waals surface area contributed by atoms with Gasteiger partial charge in [0.25, 0.3) is 0 Å². The minimum atomic E-state index is -0.485. The van der Waals surface area contributed by atoms with Crippen LogP contribution in [0.25, 0.3) is 10.8 Å². The van der Waals surface area contributed by atoms with Gasteiger partial charge in [-0.1, -0.05) is 43.3 Å². The first-order valence-corrected chi connectivity index (χ1v) is 6.07. The Kier molecular flexibility index (Phi) is 3.46. The molecule has 0 amide bonds. The Balaban J connectivity index is 2.59. The maximum Gasteiger partial charge on any atom is 0.0730 e. The Morgan fingerprint density at radius 1 is 1.12 bits per heavy atom. The van der Waals surface area contributed by atoms with Crippen molar-refractivity contribution in [1.29, 1.82) is 0 Å². The maximum atomic E-state index is 9.88. The van der Waals surface area contributed by atoms with E-state index in [0.29, 0.717) is 6.42 Å². The molecule has 90 valence electrons. The van der Waals surface area contributed by atoms with Gasteiger partial charge in [0, 0.05) is 0 Å². The number of hydrogen-bond donors (Lipinski definition) is 2. The lowest BCUT2D eigenvalue weighted by atomic mass is 9.93. The van der Waals surface area contributed by atoms with Crippen LogP contribution in [-0.4, -0.2) is 11.2 Å². The highest BCUT2D eigenvalue weighted by Crippen LogP contribution is 2.27. The molecule has 0 aliphatic heterocycles. The van der Waals surface area contributed by atoms with E-state index in [0.717, 1.165) is 10.9 Å². The molecule has 0 unspecified atom stereocenters. The van der Waals surface area contributed by atoms with Crippen molar-refractivity contribution < 1.29 is 5.11 Å². The Bertz CT molecular complexity index is 521. The van der Waals surface area contributed by atoms with Gasteiger partial charge in [-0.2, -0.15) is 0 Å². The van der Waals surface area contributed by atoms with Crippen LogP contribution in [-0.2, 0) is 0 Å². The minimum Gasteiger partial charge on any atom is -0.391 e. The topological polar surface area (TPSA) is 46.2 Å². The van der Waals surface area contributed by atoms with E-state index in [1.54, 1.807) is 0 Å². The van der Waals surface area contributed by atoms with Crippen LogP contribution in [0.3, 0.4) is 0 Å². The Morgan fingerprint density at radius 3 is 2.41 bits per heavy atom. The molecular formula is C15H19NO. The normalized spacial score (nSPS) is 14.8. The first kappa shape index (κ1) is 12.1. The van der Waals surface area contributed by atoms with E-state index in [1.165, 1.54) is 10.9 Å². The maximum absolute atomic E-state index is 9.88. The van der Waals surface area contributed by atoms with Gasteiger partial charge in [-0.3, -0.25) is 0 Å². The third-order valence-corrected chi connectivity index (χ3v) is 3.37. The average Bonchev–Trinajstić information content (AvgIpc) is 2.38. The van der Waals surface area contributed by atoms with Gasteiger partial charge in [-0.25, -0.2) is 0 Å². The summed E-state index contributed by atoms with van der Waals surface area (Å²) in [5.41, 5.74) is 8.38. The molecule has 0 bridgehead atoms. The second-order valence-corrected chi connectivity index (χ2v) is 4.52. The number of aliphatic hydroxyl groups excluding tert-OH is 1. The SMILES string of the molecule is CC[C@@H](O)[C@@H](N)c1ccc(C)c2ccccc12. The van der Waals surface area contributed by atoms with Crippen molar-refractivity contribution >= 4 is 10.8 Å². The van der Waals surface area contributed by atoms with E-state index in [9.17, 15) is 5.11 Å². The highest BCUT2D eigenvalue weighted by Gasteiger charge is 2.17. The molecule has 2 rings (SSSR count). The number of aryl methyl sites for hydroxylation is 1. The van der Waals surface area contributed by atoms with Crippen LogP contribution < -0.4 is 5.73 Å². The summed E-state index contributed by atoms with van der Waals surface area (Å²) in [7, 11) is 0. The van der Waals surface area contributed by atoms with Gasteiger partial charge in [0.2, 0.25) is 0 Å². The van der Waals surface area contributed by atoms with E-state index in [2.05, 4.69) is 25.1 Å². The number of hydrogen-bond acceptors (Lipinski definition) is 2. The van der Waals surface area contributed by atoms with E-state index in [-0.39, 0.29) is 6.04 Å². The fraction of sp³-hybridized carbons (Fsp3) is 0.333. The summed E-state index contributed by atoms with van der Waals surface area (Å²) in [5, 5.41) is 12.2. The summed E-state index contributed by atoms with van der Waals surface area (Å²) in [6.07, 6.45) is 0.185. The van der Waals surface area contributed by atoms with Crippen molar-refractivity contribution in [3.8, 4) is 0 Å². The minimum absolute atomic E-state index is 0.314. The summed E-state index contributed by atoms with van der Waals surface area (Å²) >= 11 is 0. The molecule has 3 N–H and O–H groups in total. The van der Waals surface area contributed by atoms with Gasteiger partial charge in [0.05, 0.1) is 12.1 Å². The zero-order valence-electron chi connectivity index (χ0n) is 10.4. The molecule has 0 saturated carbocycles. The lowest BCUT2D eigenvalue weighted by Crippen LogP contribution is -2.25. The summed E-state index contributed by atoms with van der Waals surface area (Å²) in [4.78, 5) is 0. The van der Waals surface area contributed by atoms with E-state index < -0.39 is 6.10 Å². The summed E-state index contributed by atoms with van der Waals surface area (Å²) < 4.78 is 0. The number of benzene rings is 2. The second-order valence-electron chi connectivity index (χ2n) is 4.52. The first-order valence-electron chi connectivity index (χ1n) is 6.07. The van der Waals surface area contributed by atoms with Crippen LogP contribution in [0.4, 0.5) is 0 Å². The van der Waals surface area contributed by atoms with Gasteiger partial charge >= 0.3 is 0 Å². The molecule has 0 saturated heterocycles. The van der Waals surface area contributed by atoms with E-state index in [1.807, 2.05) is 25.1 Å². The first-order chi connectivity index (χ1) is 8.15. The monoisotopic (exact) mass is 229 g/mol. The summed E-state index contributed by atoms with van der Waals surface area (Å²) in [6, 6.07) is 12.0. The van der Waals surface area contributed by atoms with Gasteiger partial charge in [-0.15, -0.1) is 0 Å². The molecule has 2 aromatic rings. The highest BCUT2D eigenvalue weighted by atomic mass is 16.3. The molecule has 0 aromatic heterocycles. The van der Waals surface area contributed by atoms with Gasteiger partial charge in [0.15, 0.2) is 0 Å². The number of nitrogens with two attached hydrogens (primary N) is 1.